The van der Waals surface area contributed by atoms with Crippen molar-refractivity contribution in [2.24, 2.45) is 5.92 Å². The van der Waals surface area contributed by atoms with Crippen LogP contribution in [0.1, 0.15) is 40.0 Å². The van der Waals surface area contributed by atoms with Crippen molar-refractivity contribution >= 4 is 0 Å². The van der Waals surface area contributed by atoms with E-state index in [0.29, 0.717) is 6.04 Å². The Morgan fingerprint density at radius 1 is 1.20 bits per heavy atom. The van der Waals surface area contributed by atoms with Crippen LogP contribution in [0, 0.1) is 5.92 Å². The van der Waals surface area contributed by atoms with Crippen molar-refractivity contribution in [3.05, 3.63) is 0 Å². The van der Waals surface area contributed by atoms with Gasteiger partial charge in [0.2, 0.25) is 0 Å². The summed E-state index contributed by atoms with van der Waals surface area (Å²) in [5.74, 6) is 0.899. The molecule has 0 rings (SSSR count). The number of rotatable bonds is 5. The lowest BCUT2D eigenvalue weighted by Crippen LogP contribution is -2.21. The fraction of sp³-hybridized carbons (Fsp3) is 1.00. The third-order valence-electron chi connectivity index (χ3n) is 2.28. The third-order valence-corrected chi connectivity index (χ3v) is 2.28. The van der Waals surface area contributed by atoms with Crippen molar-refractivity contribution in [1.82, 2.24) is 5.32 Å². The van der Waals surface area contributed by atoms with Crippen molar-refractivity contribution in [3.63, 3.8) is 0 Å². The molecule has 2 atom stereocenters. The van der Waals surface area contributed by atoms with Gasteiger partial charge in [-0.2, -0.15) is 0 Å². The molecule has 10 heavy (non-hydrogen) atoms. The molecule has 0 bridgehead atoms. The molecule has 1 nitrogen and oxygen atoms in total. The van der Waals surface area contributed by atoms with Crippen LogP contribution in [0.25, 0.3) is 0 Å². The molecule has 62 valence electrons. The smallest absolute Gasteiger partial charge is 0.00358 e. The maximum atomic E-state index is 3.24. The average Bonchev–Trinajstić information content (AvgIpc) is 1.99. The summed E-state index contributed by atoms with van der Waals surface area (Å²) in [5.41, 5.74) is 0. The van der Waals surface area contributed by atoms with Gasteiger partial charge in [-0.1, -0.05) is 20.3 Å². The van der Waals surface area contributed by atoms with E-state index in [-0.39, 0.29) is 0 Å². The van der Waals surface area contributed by atoms with E-state index in [2.05, 4.69) is 26.1 Å². The first-order valence-electron chi connectivity index (χ1n) is 4.38. The van der Waals surface area contributed by atoms with Gasteiger partial charge >= 0.3 is 0 Å². The summed E-state index contributed by atoms with van der Waals surface area (Å²) in [7, 11) is 2.03. The summed E-state index contributed by atoms with van der Waals surface area (Å²) in [5, 5.41) is 3.24. The summed E-state index contributed by atoms with van der Waals surface area (Å²) < 4.78 is 0. The molecule has 0 fully saturated rings. The molecule has 0 aliphatic carbocycles. The first-order valence-corrected chi connectivity index (χ1v) is 4.38. The van der Waals surface area contributed by atoms with Crippen LogP contribution >= 0.6 is 0 Å². The topological polar surface area (TPSA) is 12.0 Å². The molecule has 0 aliphatic rings. The average molecular weight is 143 g/mol. The second kappa shape index (κ2) is 5.72. The summed E-state index contributed by atoms with van der Waals surface area (Å²) in [6.07, 6.45) is 3.99. The van der Waals surface area contributed by atoms with Crippen LogP contribution in [0.2, 0.25) is 0 Å². The van der Waals surface area contributed by atoms with E-state index in [1.165, 1.54) is 19.3 Å². The lowest BCUT2D eigenvalue weighted by Gasteiger charge is -2.12. The van der Waals surface area contributed by atoms with Crippen LogP contribution in [0.5, 0.6) is 0 Å². The van der Waals surface area contributed by atoms with Crippen LogP contribution in [-0.2, 0) is 0 Å². The van der Waals surface area contributed by atoms with Crippen LogP contribution in [-0.4, -0.2) is 13.1 Å². The normalized spacial score (nSPS) is 16.8. The zero-order valence-electron chi connectivity index (χ0n) is 7.78. The molecule has 0 saturated carbocycles. The van der Waals surface area contributed by atoms with Gasteiger partial charge in [-0.05, 0) is 32.7 Å². The van der Waals surface area contributed by atoms with Gasteiger partial charge in [0, 0.05) is 6.04 Å². The van der Waals surface area contributed by atoms with E-state index in [9.17, 15) is 0 Å². The van der Waals surface area contributed by atoms with Crippen LogP contribution < -0.4 is 5.32 Å². The second-order valence-corrected chi connectivity index (χ2v) is 3.28. The summed E-state index contributed by atoms with van der Waals surface area (Å²) in [4.78, 5) is 0. The Kier molecular flexibility index (Phi) is 5.70. The Labute approximate surface area is 65.2 Å². The molecule has 1 heteroatoms. The summed E-state index contributed by atoms with van der Waals surface area (Å²) >= 11 is 0. The monoisotopic (exact) mass is 143 g/mol. The summed E-state index contributed by atoms with van der Waals surface area (Å²) in [6.45, 7) is 6.82. The highest BCUT2D eigenvalue weighted by molar-refractivity contribution is 4.59. The van der Waals surface area contributed by atoms with Gasteiger partial charge in [0.15, 0.2) is 0 Å². The highest BCUT2D eigenvalue weighted by atomic mass is 14.8. The Balaban J connectivity index is 3.17. The minimum absolute atomic E-state index is 0.689. The van der Waals surface area contributed by atoms with E-state index in [4.69, 9.17) is 0 Å². The molecule has 0 aliphatic heterocycles. The fourth-order valence-electron chi connectivity index (χ4n) is 0.883. The molecule has 0 spiro atoms. The molecule has 0 aromatic carbocycles. The van der Waals surface area contributed by atoms with Crippen LogP contribution in [0.4, 0.5) is 0 Å². The van der Waals surface area contributed by atoms with Crippen molar-refractivity contribution in [3.8, 4) is 0 Å². The van der Waals surface area contributed by atoms with E-state index in [0.717, 1.165) is 5.92 Å². The fourth-order valence-corrected chi connectivity index (χ4v) is 0.883. The predicted octanol–water partition coefficient (Wildman–Crippen LogP) is 2.42. The first kappa shape index (κ1) is 9.96. The van der Waals surface area contributed by atoms with E-state index in [1.54, 1.807) is 0 Å². The van der Waals surface area contributed by atoms with E-state index in [1.807, 2.05) is 7.05 Å². The van der Waals surface area contributed by atoms with Gasteiger partial charge in [0.1, 0.15) is 0 Å². The molecule has 0 amide bonds. The molecule has 0 aromatic heterocycles. The standard InChI is InChI=1S/C9H21N/c1-5-8(2)6-7-9(3)10-4/h8-10H,5-7H2,1-4H3/t8?,9-/m1/s1. The van der Waals surface area contributed by atoms with Crippen molar-refractivity contribution in [2.45, 2.75) is 46.1 Å². The lowest BCUT2D eigenvalue weighted by atomic mass is 10.0. The van der Waals surface area contributed by atoms with Crippen molar-refractivity contribution in [1.29, 1.82) is 0 Å². The van der Waals surface area contributed by atoms with E-state index >= 15 is 0 Å². The zero-order chi connectivity index (χ0) is 7.98. The molecule has 0 heterocycles. The summed E-state index contributed by atoms with van der Waals surface area (Å²) in [6, 6.07) is 0.689. The second-order valence-electron chi connectivity index (χ2n) is 3.28. The molecule has 1 unspecified atom stereocenters. The van der Waals surface area contributed by atoms with Gasteiger partial charge in [-0.15, -0.1) is 0 Å². The third kappa shape index (κ3) is 4.80. The Morgan fingerprint density at radius 3 is 2.20 bits per heavy atom. The van der Waals surface area contributed by atoms with Gasteiger partial charge in [-0.25, -0.2) is 0 Å². The SMILES string of the molecule is CCC(C)CC[C@@H](C)NC. The predicted molar refractivity (Wildman–Crippen MR) is 47.2 cm³/mol. The lowest BCUT2D eigenvalue weighted by molar-refractivity contribution is 0.443. The number of hydrogen-bond acceptors (Lipinski definition) is 1. The Hall–Kier alpha value is -0.0400. The van der Waals surface area contributed by atoms with Crippen LogP contribution in [0.3, 0.4) is 0 Å². The number of hydrogen-bond donors (Lipinski definition) is 1. The van der Waals surface area contributed by atoms with Crippen LogP contribution in [0.15, 0.2) is 0 Å². The van der Waals surface area contributed by atoms with Crippen molar-refractivity contribution < 1.29 is 0 Å². The molecule has 0 radical (unpaired) electrons. The maximum Gasteiger partial charge on any atom is 0.00358 e. The highest BCUT2D eigenvalue weighted by Crippen LogP contribution is 2.10. The van der Waals surface area contributed by atoms with Crippen molar-refractivity contribution in [2.75, 3.05) is 7.05 Å². The first-order chi connectivity index (χ1) is 4.70. The molecule has 0 saturated heterocycles. The molecule has 1 N–H and O–H groups in total. The largest absolute Gasteiger partial charge is 0.317 e. The Morgan fingerprint density at radius 2 is 1.80 bits per heavy atom. The Bertz CT molecular complexity index is 61.1. The quantitative estimate of drug-likeness (QED) is 0.623. The molecule has 0 aromatic rings. The van der Waals surface area contributed by atoms with Gasteiger partial charge in [-0.3, -0.25) is 0 Å². The number of nitrogens with one attached hydrogen (secondary N) is 1. The van der Waals surface area contributed by atoms with Gasteiger partial charge in [0.25, 0.3) is 0 Å². The molecular weight excluding hydrogens is 122 g/mol. The molecular formula is C9H21N. The minimum Gasteiger partial charge on any atom is -0.317 e. The van der Waals surface area contributed by atoms with Gasteiger partial charge in [0.05, 0.1) is 0 Å². The minimum atomic E-state index is 0.689. The zero-order valence-corrected chi connectivity index (χ0v) is 7.78. The van der Waals surface area contributed by atoms with Gasteiger partial charge < -0.3 is 5.32 Å². The van der Waals surface area contributed by atoms with E-state index < -0.39 is 0 Å². The highest BCUT2D eigenvalue weighted by Gasteiger charge is 2.01. The maximum absolute atomic E-state index is 3.24.